The Labute approximate surface area is 122 Å². The van der Waals surface area contributed by atoms with E-state index in [1.807, 2.05) is 6.07 Å². The molecule has 0 amide bonds. The van der Waals surface area contributed by atoms with Gasteiger partial charge in [-0.15, -0.1) is 0 Å². The number of rotatable bonds is 7. The van der Waals surface area contributed by atoms with Gasteiger partial charge in [0.15, 0.2) is 5.78 Å². The van der Waals surface area contributed by atoms with Crippen LogP contribution in [0.3, 0.4) is 0 Å². The number of nitrogens with zero attached hydrogens (tertiary/aromatic N) is 2. The number of hydrogen-bond donors (Lipinski definition) is 0. The maximum Gasteiger partial charge on any atom is 0.161 e. The number of Topliss-reactive ketones (excluding diaryl/α,β-unsaturated/α-hetero) is 1. The summed E-state index contributed by atoms with van der Waals surface area (Å²) >= 11 is 0. The van der Waals surface area contributed by atoms with Gasteiger partial charge in [0, 0.05) is 24.3 Å². The van der Waals surface area contributed by atoms with E-state index >= 15 is 0 Å². The maximum atomic E-state index is 11.8. The Balaban J connectivity index is 3.18. The van der Waals surface area contributed by atoms with Gasteiger partial charge in [-0.3, -0.25) is 4.79 Å². The molecule has 0 aromatic heterocycles. The lowest BCUT2D eigenvalue weighted by atomic mass is 10.0. The molecular formula is C17H24N2O. The molecule has 0 unspecified atom stereocenters. The van der Waals surface area contributed by atoms with Crippen molar-refractivity contribution in [3.8, 4) is 6.07 Å². The van der Waals surface area contributed by atoms with Gasteiger partial charge >= 0.3 is 0 Å². The fourth-order valence-corrected chi connectivity index (χ4v) is 2.42. The third-order valence-electron chi connectivity index (χ3n) is 3.86. The molecule has 108 valence electrons. The van der Waals surface area contributed by atoms with E-state index in [2.05, 4.69) is 31.7 Å². The van der Waals surface area contributed by atoms with Crippen molar-refractivity contribution < 1.29 is 4.79 Å². The molecule has 0 atom stereocenters. The van der Waals surface area contributed by atoms with E-state index in [4.69, 9.17) is 5.26 Å². The maximum absolute atomic E-state index is 11.8. The zero-order valence-electron chi connectivity index (χ0n) is 12.9. The molecule has 20 heavy (non-hydrogen) atoms. The number of ketones is 1. The van der Waals surface area contributed by atoms with Gasteiger partial charge in [-0.2, -0.15) is 5.26 Å². The van der Waals surface area contributed by atoms with Crippen LogP contribution in [-0.4, -0.2) is 18.9 Å². The largest absolute Gasteiger partial charge is 0.371 e. The zero-order chi connectivity index (χ0) is 15.1. The quantitative estimate of drug-likeness (QED) is 0.704. The molecule has 0 bridgehead atoms. The lowest BCUT2D eigenvalue weighted by molar-refractivity contribution is 0.101. The monoisotopic (exact) mass is 272 g/mol. The van der Waals surface area contributed by atoms with E-state index in [0.717, 1.165) is 31.6 Å². The van der Waals surface area contributed by atoms with E-state index in [0.29, 0.717) is 17.0 Å². The van der Waals surface area contributed by atoms with Crippen molar-refractivity contribution in [1.82, 2.24) is 0 Å². The van der Waals surface area contributed by atoms with Crippen molar-refractivity contribution in [3.05, 3.63) is 29.3 Å². The number of benzene rings is 1. The van der Waals surface area contributed by atoms with Gasteiger partial charge in [-0.05, 0) is 38.0 Å². The van der Waals surface area contributed by atoms with Crippen LogP contribution in [0.2, 0.25) is 0 Å². The topological polar surface area (TPSA) is 44.1 Å². The van der Waals surface area contributed by atoms with Crippen LogP contribution in [0.1, 0.15) is 56.5 Å². The summed E-state index contributed by atoms with van der Waals surface area (Å²) in [6, 6.07) is 7.47. The predicted octanol–water partition coefficient (Wildman–Crippen LogP) is 4.02. The summed E-state index contributed by atoms with van der Waals surface area (Å²) in [5.41, 5.74) is 2.20. The van der Waals surface area contributed by atoms with E-state index < -0.39 is 0 Å². The lowest BCUT2D eigenvalue weighted by Gasteiger charge is -2.29. The first-order valence-corrected chi connectivity index (χ1v) is 7.37. The Morgan fingerprint density at radius 2 is 1.95 bits per heavy atom. The summed E-state index contributed by atoms with van der Waals surface area (Å²) < 4.78 is 0. The van der Waals surface area contributed by atoms with Crippen LogP contribution in [-0.2, 0) is 0 Å². The second-order valence-electron chi connectivity index (χ2n) is 5.12. The van der Waals surface area contributed by atoms with E-state index in [-0.39, 0.29) is 5.78 Å². The highest BCUT2D eigenvalue weighted by molar-refractivity contribution is 6.00. The van der Waals surface area contributed by atoms with Crippen molar-refractivity contribution in [1.29, 1.82) is 5.26 Å². The molecule has 0 spiro atoms. The molecule has 0 heterocycles. The van der Waals surface area contributed by atoms with Crippen LogP contribution >= 0.6 is 0 Å². The summed E-state index contributed by atoms with van der Waals surface area (Å²) in [6.07, 6.45) is 2.25. The normalized spacial score (nSPS) is 10.4. The minimum atomic E-state index is 0.0486. The van der Waals surface area contributed by atoms with Gasteiger partial charge in [-0.1, -0.05) is 26.7 Å². The average molecular weight is 272 g/mol. The molecule has 0 N–H and O–H groups in total. The molecule has 0 saturated heterocycles. The molecule has 0 fully saturated rings. The van der Waals surface area contributed by atoms with Crippen LogP contribution in [0.5, 0.6) is 0 Å². The van der Waals surface area contributed by atoms with Crippen LogP contribution < -0.4 is 4.90 Å². The molecule has 3 nitrogen and oxygen atoms in total. The van der Waals surface area contributed by atoms with Crippen LogP contribution in [0.25, 0.3) is 0 Å². The summed E-state index contributed by atoms with van der Waals surface area (Å²) in [7, 11) is 0. The zero-order valence-corrected chi connectivity index (χ0v) is 12.9. The van der Waals surface area contributed by atoms with Gasteiger partial charge < -0.3 is 4.90 Å². The third-order valence-corrected chi connectivity index (χ3v) is 3.86. The fourth-order valence-electron chi connectivity index (χ4n) is 2.42. The first kappa shape index (κ1) is 16.2. The minimum absolute atomic E-state index is 0.0486. The number of carbonyl (C=O) groups is 1. The van der Waals surface area contributed by atoms with Crippen LogP contribution in [0.15, 0.2) is 18.2 Å². The highest BCUT2D eigenvalue weighted by Crippen LogP contribution is 2.25. The summed E-state index contributed by atoms with van der Waals surface area (Å²) in [5.74, 6) is 0.660. The minimum Gasteiger partial charge on any atom is -0.371 e. The number of hydrogen-bond acceptors (Lipinski definition) is 3. The first-order valence-electron chi connectivity index (χ1n) is 7.37. The average Bonchev–Trinajstić information content (AvgIpc) is 2.48. The first-order chi connectivity index (χ1) is 9.57. The second kappa shape index (κ2) is 7.69. The van der Waals surface area contributed by atoms with Crippen LogP contribution in [0, 0.1) is 17.2 Å². The Hall–Kier alpha value is -1.82. The lowest BCUT2D eigenvalue weighted by Crippen LogP contribution is -2.30. The van der Waals surface area contributed by atoms with E-state index in [1.165, 1.54) is 0 Å². The summed E-state index contributed by atoms with van der Waals surface area (Å²) in [4.78, 5) is 14.0. The number of anilines is 1. The molecule has 0 aliphatic heterocycles. The van der Waals surface area contributed by atoms with Crippen molar-refractivity contribution >= 4 is 11.5 Å². The van der Waals surface area contributed by atoms with Crippen LogP contribution in [0.4, 0.5) is 5.69 Å². The van der Waals surface area contributed by atoms with Gasteiger partial charge in [0.25, 0.3) is 0 Å². The van der Waals surface area contributed by atoms with Crippen molar-refractivity contribution in [2.75, 3.05) is 18.0 Å². The Bertz CT molecular complexity index is 498. The fraction of sp³-hybridized carbons (Fsp3) is 0.529. The molecular weight excluding hydrogens is 248 g/mol. The van der Waals surface area contributed by atoms with Gasteiger partial charge in [0.1, 0.15) is 0 Å². The SMILES string of the molecule is CCC(CC)CN(CC)c1cc(C#N)ccc1C(C)=O. The molecule has 0 aliphatic rings. The van der Waals surface area contributed by atoms with Gasteiger partial charge in [0.05, 0.1) is 11.6 Å². The highest BCUT2D eigenvalue weighted by Gasteiger charge is 2.16. The van der Waals surface area contributed by atoms with Crippen molar-refractivity contribution in [3.63, 3.8) is 0 Å². The summed E-state index contributed by atoms with van der Waals surface area (Å²) in [6.45, 7) is 9.82. The molecule has 1 aromatic rings. The Morgan fingerprint density at radius 3 is 2.40 bits per heavy atom. The van der Waals surface area contributed by atoms with Gasteiger partial charge in [0.2, 0.25) is 0 Å². The van der Waals surface area contributed by atoms with Gasteiger partial charge in [-0.25, -0.2) is 0 Å². The molecule has 1 aromatic carbocycles. The highest BCUT2D eigenvalue weighted by atomic mass is 16.1. The summed E-state index contributed by atoms with van der Waals surface area (Å²) in [5, 5.41) is 9.07. The van der Waals surface area contributed by atoms with E-state index in [9.17, 15) is 4.79 Å². The molecule has 0 aliphatic carbocycles. The Kier molecular flexibility index (Phi) is 6.24. The molecule has 0 radical (unpaired) electrons. The molecule has 3 heteroatoms. The standard InChI is InChI=1S/C17H24N2O/c1-5-14(6-2)12-19(7-3)17-10-15(11-18)8-9-16(17)13(4)20/h8-10,14H,5-7,12H2,1-4H3. The number of nitriles is 1. The molecule has 1 rings (SSSR count). The predicted molar refractivity (Wildman–Crippen MR) is 83.1 cm³/mol. The second-order valence-corrected chi connectivity index (χ2v) is 5.12. The van der Waals surface area contributed by atoms with Crippen molar-refractivity contribution in [2.45, 2.75) is 40.5 Å². The van der Waals surface area contributed by atoms with E-state index in [1.54, 1.807) is 19.1 Å². The van der Waals surface area contributed by atoms with Crippen molar-refractivity contribution in [2.24, 2.45) is 5.92 Å². The molecule has 0 saturated carbocycles. The number of carbonyl (C=O) groups excluding carboxylic acids is 1. The smallest absolute Gasteiger partial charge is 0.161 e. The third kappa shape index (κ3) is 3.84. The Morgan fingerprint density at radius 1 is 1.30 bits per heavy atom.